The van der Waals surface area contributed by atoms with E-state index in [0.717, 1.165) is 48.1 Å². The molecule has 0 bridgehead atoms. The van der Waals surface area contributed by atoms with Gasteiger partial charge in [0, 0.05) is 41.3 Å². The molecule has 3 heterocycles. The van der Waals surface area contributed by atoms with E-state index >= 15 is 0 Å². The van der Waals surface area contributed by atoms with Gasteiger partial charge in [-0.25, -0.2) is 4.98 Å². The molecule has 3 aromatic carbocycles. The van der Waals surface area contributed by atoms with E-state index in [-0.39, 0.29) is 11.6 Å². The molecule has 5 aromatic rings. The second-order valence-corrected chi connectivity index (χ2v) is 10.5. The van der Waals surface area contributed by atoms with Crippen LogP contribution in [0.25, 0.3) is 11.0 Å². The van der Waals surface area contributed by atoms with E-state index in [9.17, 15) is 4.79 Å². The summed E-state index contributed by atoms with van der Waals surface area (Å²) in [7, 11) is 0. The van der Waals surface area contributed by atoms with Crippen molar-refractivity contribution in [2.24, 2.45) is 0 Å². The second-order valence-electron chi connectivity index (χ2n) is 10.5. The minimum Gasteiger partial charge on any atom is -0.317 e. The Kier molecular flexibility index (Phi) is 6.95. The summed E-state index contributed by atoms with van der Waals surface area (Å²) >= 11 is 0. The van der Waals surface area contributed by atoms with Crippen LogP contribution < -0.4 is 15.8 Å². The van der Waals surface area contributed by atoms with E-state index in [2.05, 4.69) is 77.8 Å². The molecule has 0 aliphatic carbocycles. The zero-order chi connectivity index (χ0) is 26.7. The second kappa shape index (κ2) is 10.8. The minimum absolute atomic E-state index is 0.0710. The molecule has 0 atom stereocenters. The van der Waals surface area contributed by atoms with Crippen molar-refractivity contribution < 1.29 is 0 Å². The topological polar surface area (TPSA) is 63.1 Å². The number of hydrogen-bond acceptors (Lipinski definition) is 5. The molecule has 0 amide bonds. The van der Waals surface area contributed by atoms with Crippen molar-refractivity contribution in [3.05, 3.63) is 131 Å². The summed E-state index contributed by atoms with van der Waals surface area (Å²) in [6.07, 6.45) is 3.85. The number of pyridine rings is 1. The molecule has 1 saturated heterocycles. The fourth-order valence-corrected chi connectivity index (χ4v) is 5.75. The van der Waals surface area contributed by atoms with Gasteiger partial charge in [-0.3, -0.25) is 9.36 Å². The summed E-state index contributed by atoms with van der Waals surface area (Å²) in [4.78, 5) is 25.7. The van der Waals surface area contributed by atoms with Crippen LogP contribution in [0.5, 0.6) is 0 Å². The van der Waals surface area contributed by atoms with Crippen LogP contribution in [-0.2, 0) is 12.0 Å². The first-order valence-corrected chi connectivity index (χ1v) is 13.7. The Labute approximate surface area is 229 Å². The maximum Gasteiger partial charge on any atom is 0.252 e. The molecule has 0 saturated carbocycles. The lowest BCUT2D eigenvalue weighted by atomic mass is 9.76. The largest absolute Gasteiger partial charge is 0.317 e. The number of benzene rings is 3. The molecule has 0 radical (unpaired) electrons. The SMILES string of the molecule is CC(Cn1c(=O)ccc2cnc(N(c3ccccc3)C3CCNCC3)nc21)(c1ccccc1)c1ccccc1. The maximum absolute atomic E-state index is 13.5. The summed E-state index contributed by atoms with van der Waals surface area (Å²) in [5.74, 6) is 0.626. The summed E-state index contributed by atoms with van der Waals surface area (Å²) in [5.41, 5.74) is 3.50. The third-order valence-corrected chi connectivity index (χ3v) is 7.93. The molecular formula is C33H33N5O. The molecule has 1 aliphatic rings. The van der Waals surface area contributed by atoms with E-state index in [1.165, 1.54) is 0 Å². The first-order valence-electron chi connectivity index (χ1n) is 13.7. The van der Waals surface area contributed by atoms with Crippen molar-refractivity contribution in [3.63, 3.8) is 0 Å². The van der Waals surface area contributed by atoms with Crippen LogP contribution in [0.1, 0.15) is 30.9 Å². The van der Waals surface area contributed by atoms with E-state index in [1.54, 1.807) is 6.07 Å². The number of nitrogens with one attached hydrogen (secondary N) is 1. The summed E-state index contributed by atoms with van der Waals surface area (Å²) < 4.78 is 1.83. The smallest absolute Gasteiger partial charge is 0.252 e. The molecule has 1 N–H and O–H groups in total. The number of fused-ring (bicyclic) bond motifs is 1. The van der Waals surface area contributed by atoms with Crippen LogP contribution in [0, 0.1) is 0 Å². The van der Waals surface area contributed by atoms with Gasteiger partial charge in [0.05, 0.1) is 0 Å². The molecule has 1 aliphatic heterocycles. The van der Waals surface area contributed by atoms with Gasteiger partial charge in [0.1, 0.15) is 5.65 Å². The fourth-order valence-electron chi connectivity index (χ4n) is 5.75. The Hall–Kier alpha value is -4.29. The van der Waals surface area contributed by atoms with E-state index in [4.69, 9.17) is 9.97 Å². The van der Waals surface area contributed by atoms with Crippen molar-refractivity contribution in [3.8, 4) is 0 Å². The summed E-state index contributed by atoms with van der Waals surface area (Å²) in [6.45, 7) is 4.57. The van der Waals surface area contributed by atoms with Gasteiger partial charge in [0.15, 0.2) is 0 Å². The highest BCUT2D eigenvalue weighted by Gasteiger charge is 2.31. The zero-order valence-electron chi connectivity index (χ0n) is 22.2. The predicted molar refractivity (Wildman–Crippen MR) is 158 cm³/mol. The predicted octanol–water partition coefficient (Wildman–Crippen LogP) is 5.69. The molecule has 0 unspecified atom stereocenters. The third-order valence-electron chi connectivity index (χ3n) is 7.93. The van der Waals surface area contributed by atoms with Crippen molar-refractivity contribution in [1.29, 1.82) is 0 Å². The minimum atomic E-state index is -0.445. The summed E-state index contributed by atoms with van der Waals surface area (Å²) in [6, 6.07) is 34.9. The Balaban J connectivity index is 1.50. The van der Waals surface area contributed by atoms with Crippen LogP contribution in [-0.4, -0.2) is 33.7 Å². The highest BCUT2D eigenvalue weighted by atomic mass is 16.1. The van der Waals surface area contributed by atoms with Gasteiger partial charge < -0.3 is 10.2 Å². The molecule has 6 rings (SSSR count). The fraction of sp³-hybridized carbons (Fsp3) is 0.242. The molecule has 39 heavy (non-hydrogen) atoms. The third kappa shape index (κ3) is 4.95. The van der Waals surface area contributed by atoms with Crippen LogP contribution in [0.3, 0.4) is 0 Å². The Morgan fingerprint density at radius 1 is 0.846 bits per heavy atom. The number of rotatable bonds is 7. The number of aromatic nitrogens is 3. The molecule has 1 fully saturated rings. The Bertz CT molecular complexity index is 1560. The van der Waals surface area contributed by atoms with E-state index < -0.39 is 5.41 Å². The van der Waals surface area contributed by atoms with Gasteiger partial charge in [-0.15, -0.1) is 0 Å². The van der Waals surface area contributed by atoms with Crippen molar-refractivity contribution in [2.45, 2.75) is 37.8 Å². The standard InChI is InChI=1S/C33H33N5O/c1-33(26-11-5-2-6-12-26,27-13-7-3-8-14-27)24-37-30(39)18-17-25-23-35-32(36-31(25)37)38(28-15-9-4-10-16-28)29-19-21-34-22-20-29/h2-18,23,29,34H,19-22,24H2,1H3. The lowest BCUT2D eigenvalue weighted by molar-refractivity contribution is 0.448. The lowest BCUT2D eigenvalue weighted by Gasteiger charge is -2.35. The number of piperidine rings is 1. The molecule has 2 aromatic heterocycles. The normalized spacial score (nSPS) is 14.4. The van der Waals surface area contributed by atoms with Gasteiger partial charge in [0.25, 0.3) is 5.56 Å². The number of nitrogens with zero attached hydrogens (tertiary/aromatic N) is 4. The van der Waals surface area contributed by atoms with Gasteiger partial charge in [0.2, 0.25) is 5.95 Å². The average Bonchev–Trinajstić information content (AvgIpc) is 3.01. The molecule has 6 nitrogen and oxygen atoms in total. The Morgan fingerprint density at radius 2 is 1.44 bits per heavy atom. The van der Waals surface area contributed by atoms with Gasteiger partial charge >= 0.3 is 0 Å². The first-order chi connectivity index (χ1) is 19.1. The zero-order valence-corrected chi connectivity index (χ0v) is 22.2. The number of para-hydroxylation sites is 1. The first kappa shape index (κ1) is 25.0. The van der Waals surface area contributed by atoms with Crippen LogP contribution in [0.4, 0.5) is 11.6 Å². The molecule has 196 valence electrons. The van der Waals surface area contributed by atoms with E-state index in [1.807, 2.05) is 47.2 Å². The quantitative estimate of drug-likeness (QED) is 0.302. The molecule has 0 spiro atoms. The van der Waals surface area contributed by atoms with Crippen molar-refractivity contribution in [1.82, 2.24) is 19.9 Å². The highest BCUT2D eigenvalue weighted by molar-refractivity contribution is 5.76. The van der Waals surface area contributed by atoms with Crippen LogP contribution in [0.2, 0.25) is 0 Å². The Morgan fingerprint density at radius 3 is 2.05 bits per heavy atom. The van der Waals surface area contributed by atoms with Crippen LogP contribution >= 0.6 is 0 Å². The number of anilines is 2. The lowest BCUT2D eigenvalue weighted by Crippen LogP contribution is -2.41. The molecule has 6 heteroatoms. The highest BCUT2D eigenvalue weighted by Crippen LogP contribution is 2.35. The number of hydrogen-bond donors (Lipinski definition) is 1. The van der Waals surface area contributed by atoms with Gasteiger partial charge in [-0.05, 0) is 62.2 Å². The summed E-state index contributed by atoms with van der Waals surface area (Å²) in [5, 5.41) is 4.31. The van der Waals surface area contributed by atoms with Crippen molar-refractivity contribution >= 4 is 22.7 Å². The average molecular weight is 516 g/mol. The van der Waals surface area contributed by atoms with Crippen LogP contribution in [0.15, 0.2) is 114 Å². The van der Waals surface area contributed by atoms with Gasteiger partial charge in [-0.2, -0.15) is 4.98 Å². The maximum atomic E-state index is 13.5. The monoisotopic (exact) mass is 515 g/mol. The van der Waals surface area contributed by atoms with Gasteiger partial charge in [-0.1, -0.05) is 78.9 Å². The van der Waals surface area contributed by atoms with Crippen molar-refractivity contribution in [2.75, 3.05) is 18.0 Å². The molecular weight excluding hydrogens is 482 g/mol. The van der Waals surface area contributed by atoms with E-state index in [0.29, 0.717) is 18.1 Å².